The second kappa shape index (κ2) is 5.35. The first-order valence-corrected chi connectivity index (χ1v) is 7.56. The smallest absolute Gasteiger partial charge is 0.248 e. The van der Waals surface area contributed by atoms with Crippen molar-refractivity contribution in [1.29, 1.82) is 0 Å². The zero-order valence-electron chi connectivity index (χ0n) is 11.3. The maximum absolute atomic E-state index is 12.0. The van der Waals surface area contributed by atoms with E-state index < -0.39 is 0 Å². The number of fused-ring (bicyclic) bond motifs is 1. The molecular formula is C15H22N2O2. The van der Waals surface area contributed by atoms with E-state index in [0.29, 0.717) is 6.04 Å². The lowest BCUT2D eigenvalue weighted by Crippen LogP contribution is -2.33. The predicted molar refractivity (Wildman–Crippen MR) is 72.4 cm³/mol. The van der Waals surface area contributed by atoms with Gasteiger partial charge in [0, 0.05) is 11.6 Å². The minimum atomic E-state index is -0.0107. The topological polar surface area (TPSA) is 58.2 Å². The Labute approximate surface area is 114 Å². The molecular weight excluding hydrogens is 240 g/mol. The fraction of sp³-hybridized carbons (Fsp3) is 0.733. The first-order chi connectivity index (χ1) is 9.24. The first kappa shape index (κ1) is 12.7. The number of amides is 2. The van der Waals surface area contributed by atoms with Gasteiger partial charge in [-0.3, -0.25) is 9.59 Å². The van der Waals surface area contributed by atoms with Gasteiger partial charge in [0.25, 0.3) is 0 Å². The Morgan fingerprint density at radius 3 is 2.68 bits per heavy atom. The molecule has 0 aromatic rings. The molecule has 0 radical (unpaired) electrons. The monoisotopic (exact) mass is 262 g/mol. The van der Waals surface area contributed by atoms with E-state index in [0.717, 1.165) is 37.7 Å². The molecule has 0 aromatic heterocycles. The van der Waals surface area contributed by atoms with E-state index in [1.807, 2.05) is 0 Å². The molecule has 2 fully saturated rings. The van der Waals surface area contributed by atoms with Crippen molar-refractivity contribution < 1.29 is 9.59 Å². The number of nitrogens with one attached hydrogen (secondary N) is 2. The van der Waals surface area contributed by atoms with Crippen LogP contribution in [0.2, 0.25) is 0 Å². The highest BCUT2D eigenvalue weighted by Gasteiger charge is 2.33. The van der Waals surface area contributed by atoms with Gasteiger partial charge in [0.05, 0.1) is 12.5 Å². The third kappa shape index (κ3) is 2.67. The molecule has 2 aliphatic carbocycles. The third-order valence-electron chi connectivity index (χ3n) is 4.63. The number of hydrogen-bond acceptors (Lipinski definition) is 2. The van der Waals surface area contributed by atoms with Crippen molar-refractivity contribution in [1.82, 2.24) is 10.6 Å². The fourth-order valence-electron chi connectivity index (χ4n) is 3.63. The van der Waals surface area contributed by atoms with Crippen molar-refractivity contribution >= 4 is 11.8 Å². The van der Waals surface area contributed by atoms with Gasteiger partial charge in [0.1, 0.15) is 0 Å². The first-order valence-electron chi connectivity index (χ1n) is 7.56. The summed E-state index contributed by atoms with van der Waals surface area (Å²) in [4.78, 5) is 24.0. The van der Waals surface area contributed by atoms with Crippen molar-refractivity contribution in [3.63, 3.8) is 0 Å². The summed E-state index contributed by atoms with van der Waals surface area (Å²) in [6, 6.07) is 0.556. The SMILES string of the molecule is O=C(CC1=C2CCCCC2NC1=O)NC1CCCC1. The summed E-state index contributed by atoms with van der Waals surface area (Å²) in [7, 11) is 0. The molecule has 1 heterocycles. The maximum atomic E-state index is 12.0. The van der Waals surface area contributed by atoms with Gasteiger partial charge in [-0.05, 0) is 37.7 Å². The lowest BCUT2D eigenvalue weighted by molar-refractivity contribution is -0.123. The van der Waals surface area contributed by atoms with E-state index in [1.54, 1.807) is 0 Å². The van der Waals surface area contributed by atoms with Crippen LogP contribution in [0.1, 0.15) is 57.8 Å². The molecule has 1 unspecified atom stereocenters. The molecule has 4 nitrogen and oxygen atoms in total. The molecule has 0 bridgehead atoms. The van der Waals surface area contributed by atoms with Gasteiger partial charge >= 0.3 is 0 Å². The van der Waals surface area contributed by atoms with Gasteiger partial charge in [0.15, 0.2) is 0 Å². The largest absolute Gasteiger partial charge is 0.353 e. The Morgan fingerprint density at radius 2 is 1.89 bits per heavy atom. The molecule has 2 amide bonds. The minimum absolute atomic E-state index is 0.0107. The summed E-state index contributed by atoms with van der Waals surface area (Å²) in [6.45, 7) is 0. The standard InChI is InChI=1S/C15H22N2O2/c18-14(16-10-5-1-2-6-10)9-12-11-7-3-4-8-13(11)17-15(12)19/h10,13H,1-9H2,(H,16,18)(H,17,19). The van der Waals surface area contributed by atoms with Crippen molar-refractivity contribution in [2.45, 2.75) is 69.9 Å². The van der Waals surface area contributed by atoms with E-state index in [4.69, 9.17) is 0 Å². The molecule has 0 aromatic carbocycles. The molecule has 0 spiro atoms. The Kier molecular flexibility index (Phi) is 3.58. The fourth-order valence-corrected chi connectivity index (χ4v) is 3.63. The molecule has 104 valence electrons. The van der Waals surface area contributed by atoms with Crippen molar-refractivity contribution in [3.05, 3.63) is 11.1 Å². The van der Waals surface area contributed by atoms with E-state index in [9.17, 15) is 9.59 Å². The minimum Gasteiger partial charge on any atom is -0.353 e. The highest BCUT2D eigenvalue weighted by Crippen LogP contribution is 2.32. The van der Waals surface area contributed by atoms with Crippen LogP contribution in [-0.4, -0.2) is 23.9 Å². The average Bonchev–Trinajstić information content (AvgIpc) is 2.99. The number of hydrogen-bond donors (Lipinski definition) is 2. The van der Waals surface area contributed by atoms with Crippen LogP contribution in [0.4, 0.5) is 0 Å². The summed E-state index contributed by atoms with van der Waals surface area (Å²) in [5.74, 6) is 0.0132. The molecule has 0 saturated heterocycles. The molecule has 3 rings (SSSR count). The summed E-state index contributed by atoms with van der Waals surface area (Å²) in [5.41, 5.74) is 1.96. The van der Waals surface area contributed by atoms with E-state index in [2.05, 4.69) is 10.6 Å². The zero-order chi connectivity index (χ0) is 13.2. The molecule has 1 aliphatic heterocycles. The average molecular weight is 262 g/mol. The van der Waals surface area contributed by atoms with Crippen LogP contribution in [0.3, 0.4) is 0 Å². The van der Waals surface area contributed by atoms with Gasteiger partial charge in [0.2, 0.25) is 11.8 Å². The maximum Gasteiger partial charge on any atom is 0.248 e. The van der Waals surface area contributed by atoms with Crippen molar-refractivity contribution in [2.75, 3.05) is 0 Å². The summed E-state index contributed by atoms with van der Waals surface area (Å²) in [5, 5.41) is 6.08. The molecule has 2 N–H and O–H groups in total. The molecule has 19 heavy (non-hydrogen) atoms. The van der Waals surface area contributed by atoms with Crippen LogP contribution in [-0.2, 0) is 9.59 Å². The van der Waals surface area contributed by atoms with Crippen LogP contribution in [0, 0.1) is 0 Å². The van der Waals surface area contributed by atoms with Crippen LogP contribution in [0.25, 0.3) is 0 Å². The molecule has 1 atom stereocenters. The zero-order valence-corrected chi connectivity index (χ0v) is 11.3. The molecule has 3 aliphatic rings. The van der Waals surface area contributed by atoms with Gasteiger partial charge in [-0.2, -0.15) is 0 Å². The lowest BCUT2D eigenvalue weighted by Gasteiger charge is -2.20. The van der Waals surface area contributed by atoms with E-state index in [1.165, 1.54) is 24.8 Å². The second-order valence-corrected chi connectivity index (χ2v) is 6.00. The third-order valence-corrected chi connectivity index (χ3v) is 4.63. The molecule has 4 heteroatoms. The summed E-state index contributed by atoms with van der Waals surface area (Å²) >= 11 is 0. The lowest BCUT2D eigenvalue weighted by atomic mass is 9.88. The summed E-state index contributed by atoms with van der Waals surface area (Å²) < 4.78 is 0. The Balaban J connectivity index is 1.64. The Morgan fingerprint density at radius 1 is 1.16 bits per heavy atom. The highest BCUT2D eigenvalue weighted by atomic mass is 16.2. The highest BCUT2D eigenvalue weighted by molar-refractivity contribution is 6.02. The van der Waals surface area contributed by atoms with Crippen LogP contribution < -0.4 is 10.6 Å². The quantitative estimate of drug-likeness (QED) is 0.815. The van der Waals surface area contributed by atoms with Gasteiger partial charge in [-0.1, -0.05) is 19.3 Å². The molecule has 2 saturated carbocycles. The van der Waals surface area contributed by atoms with Gasteiger partial charge < -0.3 is 10.6 Å². The van der Waals surface area contributed by atoms with E-state index >= 15 is 0 Å². The summed E-state index contributed by atoms with van der Waals surface area (Å²) in [6.07, 6.45) is 9.21. The van der Waals surface area contributed by atoms with Crippen molar-refractivity contribution in [2.24, 2.45) is 0 Å². The number of carbonyl (C=O) groups excluding carboxylic acids is 2. The van der Waals surface area contributed by atoms with Crippen LogP contribution >= 0.6 is 0 Å². The number of carbonyl (C=O) groups is 2. The van der Waals surface area contributed by atoms with Gasteiger partial charge in [-0.25, -0.2) is 0 Å². The van der Waals surface area contributed by atoms with Crippen LogP contribution in [0.5, 0.6) is 0 Å². The van der Waals surface area contributed by atoms with Crippen molar-refractivity contribution in [3.8, 4) is 0 Å². The second-order valence-electron chi connectivity index (χ2n) is 6.00. The van der Waals surface area contributed by atoms with Gasteiger partial charge in [-0.15, -0.1) is 0 Å². The predicted octanol–water partition coefficient (Wildman–Crippen LogP) is 1.80. The van der Waals surface area contributed by atoms with Crippen LogP contribution in [0.15, 0.2) is 11.1 Å². The normalized spacial score (nSPS) is 27.4. The Hall–Kier alpha value is -1.32. The van der Waals surface area contributed by atoms with E-state index in [-0.39, 0.29) is 24.3 Å². The number of rotatable bonds is 3. The Bertz CT molecular complexity index is 422.